The zero-order chi connectivity index (χ0) is 16.5. The smallest absolute Gasteiger partial charge is 0.339 e. The van der Waals surface area contributed by atoms with E-state index in [1.54, 1.807) is 11.9 Å². The molecule has 0 N–H and O–H groups in total. The molecule has 1 aromatic rings. The molecule has 1 fully saturated rings. The van der Waals surface area contributed by atoms with Crippen LogP contribution in [0, 0.1) is 5.92 Å². The average Bonchev–Trinajstić information content (AvgIpc) is 3.27. The Balaban J connectivity index is 2.13. The molecule has 2 rings (SSSR count). The highest BCUT2D eigenvalue weighted by Crippen LogP contribution is 2.35. The fraction of sp³-hybridized carbons (Fsp3) is 0.438. The van der Waals surface area contributed by atoms with Crippen LogP contribution in [0.4, 0.5) is 13.2 Å². The lowest BCUT2D eigenvalue weighted by Crippen LogP contribution is -2.35. The number of hydrogen-bond acceptors (Lipinski definition) is 1. The van der Waals surface area contributed by atoms with E-state index in [4.69, 9.17) is 11.6 Å². The molecule has 1 amide bonds. The number of carbonyl (C=O) groups is 1. The van der Waals surface area contributed by atoms with Crippen molar-refractivity contribution in [3.63, 3.8) is 0 Å². The third-order valence-electron chi connectivity index (χ3n) is 3.99. The van der Waals surface area contributed by atoms with Crippen LogP contribution in [-0.2, 0) is 11.0 Å². The summed E-state index contributed by atoms with van der Waals surface area (Å²) in [6, 6.07) is 3.18. The molecule has 1 saturated carbocycles. The maximum atomic E-state index is 12.7. The first-order chi connectivity index (χ1) is 10.2. The molecule has 6 heteroatoms. The van der Waals surface area contributed by atoms with Crippen molar-refractivity contribution in [1.29, 1.82) is 0 Å². The highest BCUT2D eigenvalue weighted by atomic mass is 35.5. The Labute approximate surface area is 132 Å². The van der Waals surface area contributed by atoms with Crippen LogP contribution < -0.4 is 0 Å². The lowest BCUT2D eigenvalue weighted by molar-refractivity contribution is -0.137. The maximum absolute atomic E-state index is 12.7. The number of amides is 1. The zero-order valence-electron chi connectivity index (χ0n) is 12.3. The molecule has 0 radical (unpaired) electrons. The van der Waals surface area contributed by atoms with Crippen molar-refractivity contribution >= 4 is 23.6 Å². The van der Waals surface area contributed by atoms with Gasteiger partial charge in [0.1, 0.15) is 0 Å². The molecule has 1 aromatic carbocycles. The van der Waals surface area contributed by atoms with E-state index in [9.17, 15) is 18.0 Å². The van der Waals surface area contributed by atoms with Crippen LogP contribution in [0.5, 0.6) is 0 Å². The number of rotatable bonds is 4. The van der Waals surface area contributed by atoms with Crippen molar-refractivity contribution in [3.8, 4) is 0 Å². The molecule has 1 aliphatic rings. The van der Waals surface area contributed by atoms with Crippen LogP contribution in [-0.4, -0.2) is 23.9 Å². The second kappa shape index (κ2) is 6.32. The molecule has 1 atom stereocenters. The number of likely N-dealkylation sites (N-methyl/N-ethyl adjacent to an activating group) is 1. The number of hydrogen-bond donors (Lipinski definition) is 0. The molecule has 0 aliphatic heterocycles. The quantitative estimate of drug-likeness (QED) is 0.737. The minimum Gasteiger partial charge on any atom is -0.339 e. The van der Waals surface area contributed by atoms with Gasteiger partial charge in [0.2, 0.25) is 5.91 Å². The average molecular weight is 332 g/mol. The Hall–Kier alpha value is -1.49. The van der Waals surface area contributed by atoms with E-state index in [2.05, 4.69) is 0 Å². The number of nitrogens with zero attached hydrogens (tertiary/aromatic N) is 1. The van der Waals surface area contributed by atoms with Gasteiger partial charge in [0.15, 0.2) is 0 Å². The summed E-state index contributed by atoms with van der Waals surface area (Å²) in [5, 5.41) is 0.176. The summed E-state index contributed by atoms with van der Waals surface area (Å²) in [5.74, 6) is 0.285. The monoisotopic (exact) mass is 331 g/mol. The van der Waals surface area contributed by atoms with Gasteiger partial charge < -0.3 is 4.90 Å². The van der Waals surface area contributed by atoms with Crippen molar-refractivity contribution < 1.29 is 18.0 Å². The second-order valence-electron chi connectivity index (χ2n) is 5.59. The van der Waals surface area contributed by atoms with Crippen LogP contribution in [0.1, 0.15) is 30.9 Å². The molecule has 2 nitrogen and oxygen atoms in total. The first-order valence-electron chi connectivity index (χ1n) is 7.01. The van der Waals surface area contributed by atoms with Crippen LogP contribution in [0.25, 0.3) is 6.08 Å². The number of alkyl halides is 3. The van der Waals surface area contributed by atoms with Crippen molar-refractivity contribution in [2.75, 3.05) is 7.05 Å². The van der Waals surface area contributed by atoms with Crippen molar-refractivity contribution in [2.45, 2.75) is 32.0 Å². The Morgan fingerprint density at radius 1 is 1.41 bits per heavy atom. The van der Waals surface area contributed by atoms with Gasteiger partial charge in [-0.25, -0.2) is 0 Å². The van der Waals surface area contributed by atoms with Gasteiger partial charge in [-0.15, -0.1) is 0 Å². The van der Waals surface area contributed by atoms with Crippen molar-refractivity contribution in [2.24, 2.45) is 5.92 Å². The molecule has 0 bridgehead atoms. The topological polar surface area (TPSA) is 20.3 Å². The molecule has 0 heterocycles. The van der Waals surface area contributed by atoms with Crippen LogP contribution >= 0.6 is 11.6 Å². The third-order valence-corrected chi connectivity index (χ3v) is 4.34. The predicted octanol–water partition coefficient (Wildman–Crippen LogP) is 4.63. The first kappa shape index (κ1) is 16.9. The fourth-order valence-electron chi connectivity index (χ4n) is 2.22. The zero-order valence-corrected chi connectivity index (χ0v) is 13.1. The van der Waals surface area contributed by atoms with Gasteiger partial charge >= 0.3 is 6.18 Å². The SMILES string of the molecule is CC(C1CC1)N(C)C(=O)/C=C/c1cc(C(F)(F)F)ccc1Cl. The summed E-state index contributed by atoms with van der Waals surface area (Å²) in [7, 11) is 1.70. The van der Waals surface area contributed by atoms with E-state index < -0.39 is 11.7 Å². The molecule has 0 aromatic heterocycles. The van der Waals surface area contributed by atoms with E-state index >= 15 is 0 Å². The largest absolute Gasteiger partial charge is 0.416 e. The summed E-state index contributed by atoms with van der Waals surface area (Å²) in [5.41, 5.74) is -0.610. The van der Waals surface area contributed by atoms with Gasteiger partial charge in [-0.2, -0.15) is 13.2 Å². The molecule has 1 aliphatic carbocycles. The summed E-state index contributed by atoms with van der Waals surface area (Å²) >= 11 is 5.89. The fourth-order valence-corrected chi connectivity index (χ4v) is 2.40. The van der Waals surface area contributed by atoms with E-state index in [-0.39, 0.29) is 22.5 Å². The first-order valence-corrected chi connectivity index (χ1v) is 7.39. The predicted molar refractivity (Wildman–Crippen MR) is 80.4 cm³/mol. The number of halogens is 4. The van der Waals surface area contributed by atoms with Gasteiger partial charge in [-0.1, -0.05) is 11.6 Å². The van der Waals surface area contributed by atoms with Gasteiger partial charge in [-0.3, -0.25) is 4.79 Å². The Kier molecular flexibility index (Phi) is 4.85. The summed E-state index contributed by atoms with van der Waals surface area (Å²) in [6.07, 6.45) is 0.384. The van der Waals surface area contributed by atoms with Crippen LogP contribution in [0.15, 0.2) is 24.3 Å². The molecule has 120 valence electrons. The summed E-state index contributed by atoms with van der Waals surface area (Å²) in [4.78, 5) is 13.7. The molecule has 1 unspecified atom stereocenters. The van der Waals surface area contributed by atoms with Gasteiger partial charge in [0.05, 0.1) is 5.56 Å². The van der Waals surface area contributed by atoms with E-state index in [1.165, 1.54) is 18.2 Å². The molecular formula is C16H17ClF3NO. The molecule has 0 spiro atoms. The van der Waals surface area contributed by atoms with E-state index in [1.807, 2.05) is 6.92 Å². The summed E-state index contributed by atoms with van der Waals surface area (Å²) in [6.45, 7) is 1.97. The lowest BCUT2D eigenvalue weighted by atomic mass is 10.1. The highest BCUT2D eigenvalue weighted by molar-refractivity contribution is 6.32. The van der Waals surface area contributed by atoms with Crippen LogP contribution in [0.2, 0.25) is 5.02 Å². The van der Waals surface area contributed by atoms with Gasteiger partial charge in [-0.05, 0) is 55.5 Å². The third kappa shape index (κ3) is 4.03. The van der Waals surface area contributed by atoms with E-state index in [0.29, 0.717) is 5.92 Å². The molecular weight excluding hydrogens is 315 g/mol. The van der Waals surface area contributed by atoms with Crippen LogP contribution in [0.3, 0.4) is 0 Å². The molecule has 22 heavy (non-hydrogen) atoms. The Morgan fingerprint density at radius 2 is 2.05 bits per heavy atom. The summed E-state index contributed by atoms with van der Waals surface area (Å²) < 4.78 is 38.1. The van der Waals surface area contributed by atoms with E-state index in [0.717, 1.165) is 25.0 Å². The lowest BCUT2D eigenvalue weighted by Gasteiger charge is -2.23. The molecule has 0 saturated heterocycles. The minimum absolute atomic E-state index is 0.133. The minimum atomic E-state index is -4.44. The second-order valence-corrected chi connectivity index (χ2v) is 6.00. The Bertz CT molecular complexity index is 594. The van der Waals surface area contributed by atoms with Crippen molar-refractivity contribution in [3.05, 3.63) is 40.4 Å². The van der Waals surface area contributed by atoms with Gasteiger partial charge in [0, 0.05) is 24.2 Å². The highest BCUT2D eigenvalue weighted by Gasteiger charge is 2.32. The normalized spacial score (nSPS) is 16.8. The number of carbonyl (C=O) groups excluding carboxylic acids is 1. The standard InChI is InChI=1S/C16H17ClF3NO/c1-10(11-3-4-11)21(2)15(22)8-5-12-9-13(16(18,19)20)6-7-14(12)17/h5-11H,3-4H2,1-2H3/b8-5+. The van der Waals surface area contributed by atoms with Gasteiger partial charge in [0.25, 0.3) is 0 Å². The number of benzene rings is 1. The Morgan fingerprint density at radius 3 is 2.59 bits per heavy atom. The van der Waals surface area contributed by atoms with Crippen molar-refractivity contribution in [1.82, 2.24) is 4.90 Å². The maximum Gasteiger partial charge on any atom is 0.416 e.